The third kappa shape index (κ3) is 3.37. The van der Waals surface area contributed by atoms with Gasteiger partial charge in [-0.25, -0.2) is 0 Å². The molecule has 0 bridgehead atoms. The lowest BCUT2D eigenvalue weighted by molar-refractivity contribution is 0.309. The van der Waals surface area contributed by atoms with Gasteiger partial charge in [0, 0.05) is 12.6 Å². The number of rotatable bonds is 7. The van der Waals surface area contributed by atoms with E-state index < -0.39 is 0 Å². The van der Waals surface area contributed by atoms with Gasteiger partial charge in [0.05, 0.1) is 0 Å². The number of hydrogen-bond acceptors (Lipinski definition) is 1. The van der Waals surface area contributed by atoms with Crippen LogP contribution in [0.4, 0.5) is 0 Å². The molecule has 0 aliphatic heterocycles. The molecule has 0 saturated carbocycles. The lowest BCUT2D eigenvalue weighted by atomic mass is 10.1. The SMILES string of the molecule is C=CCC(CC)N([C]=O)CC=C. The molecule has 0 aliphatic rings. The van der Waals surface area contributed by atoms with Crippen LogP contribution < -0.4 is 0 Å². The van der Waals surface area contributed by atoms with Crippen LogP contribution in [0.25, 0.3) is 0 Å². The first-order valence-corrected chi connectivity index (χ1v) is 4.16. The van der Waals surface area contributed by atoms with Crippen LogP contribution in [0.5, 0.6) is 0 Å². The minimum atomic E-state index is 0.220. The van der Waals surface area contributed by atoms with Crippen LogP contribution in [-0.2, 0) is 4.79 Å². The van der Waals surface area contributed by atoms with E-state index in [1.165, 1.54) is 0 Å². The topological polar surface area (TPSA) is 20.3 Å². The van der Waals surface area contributed by atoms with Crippen molar-refractivity contribution in [1.29, 1.82) is 0 Å². The summed E-state index contributed by atoms with van der Waals surface area (Å²) < 4.78 is 0. The summed E-state index contributed by atoms with van der Waals surface area (Å²) in [5.74, 6) is 0. The fourth-order valence-corrected chi connectivity index (χ4v) is 1.11. The molecule has 0 aromatic carbocycles. The maximum absolute atomic E-state index is 10.5. The lowest BCUT2D eigenvalue weighted by Gasteiger charge is -2.23. The third-order valence-electron chi connectivity index (χ3n) is 1.79. The first kappa shape index (κ1) is 11.0. The van der Waals surface area contributed by atoms with E-state index in [0.29, 0.717) is 6.54 Å². The molecule has 1 amide bonds. The Kier molecular flexibility index (Phi) is 6.07. The van der Waals surface area contributed by atoms with Crippen molar-refractivity contribution in [2.45, 2.75) is 25.8 Å². The van der Waals surface area contributed by atoms with Gasteiger partial charge in [0.2, 0.25) is 0 Å². The van der Waals surface area contributed by atoms with E-state index in [2.05, 4.69) is 13.2 Å². The minimum Gasteiger partial charge on any atom is -0.327 e. The van der Waals surface area contributed by atoms with Crippen LogP contribution in [0.2, 0.25) is 0 Å². The zero-order chi connectivity index (χ0) is 9.40. The van der Waals surface area contributed by atoms with E-state index in [9.17, 15) is 4.79 Å². The first-order valence-electron chi connectivity index (χ1n) is 4.16. The van der Waals surface area contributed by atoms with Gasteiger partial charge in [-0.05, 0) is 12.8 Å². The Hall–Kier alpha value is -1.05. The second kappa shape index (κ2) is 6.65. The molecule has 2 nitrogen and oxygen atoms in total. The Balaban J connectivity index is 4.09. The highest BCUT2D eigenvalue weighted by atomic mass is 16.1. The zero-order valence-corrected chi connectivity index (χ0v) is 7.62. The molecule has 67 valence electrons. The summed E-state index contributed by atoms with van der Waals surface area (Å²) in [5, 5.41) is 0. The van der Waals surface area contributed by atoms with E-state index in [0.717, 1.165) is 12.8 Å². The molecule has 0 fully saturated rings. The highest BCUT2D eigenvalue weighted by Crippen LogP contribution is 2.06. The third-order valence-corrected chi connectivity index (χ3v) is 1.79. The average Bonchev–Trinajstić information content (AvgIpc) is 2.11. The number of nitrogens with zero attached hydrogens (tertiary/aromatic N) is 1. The summed E-state index contributed by atoms with van der Waals surface area (Å²) in [6, 6.07) is 0.220. The molecule has 0 heterocycles. The summed E-state index contributed by atoms with van der Waals surface area (Å²) in [5.41, 5.74) is 0. The van der Waals surface area contributed by atoms with E-state index in [-0.39, 0.29) is 6.04 Å². The van der Waals surface area contributed by atoms with E-state index >= 15 is 0 Å². The number of carbonyl (C=O) groups excluding carboxylic acids is 1. The maximum Gasteiger partial charge on any atom is 0.312 e. The summed E-state index contributed by atoms with van der Waals surface area (Å²) in [7, 11) is 0. The quantitative estimate of drug-likeness (QED) is 0.418. The van der Waals surface area contributed by atoms with Crippen molar-refractivity contribution in [3.8, 4) is 0 Å². The Labute approximate surface area is 74.6 Å². The van der Waals surface area contributed by atoms with E-state index in [1.807, 2.05) is 19.4 Å². The van der Waals surface area contributed by atoms with Crippen LogP contribution in [0.3, 0.4) is 0 Å². The Bertz CT molecular complexity index is 154. The predicted octanol–water partition coefficient (Wildman–Crippen LogP) is 1.90. The molecule has 1 radical (unpaired) electrons. The van der Waals surface area contributed by atoms with Gasteiger partial charge in [0.1, 0.15) is 0 Å². The lowest BCUT2D eigenvalue weighted by Crippen LogP contribution is -2.33. The van der Waals surface area contributed by atoms with E-state index in [1.54, 1.807) is 11.0 Å². The molecule has 1 unspecified atom stereocenters. The molecule has 0 rings (SSSR count). The summed E-state index contributed by atoms with van der Waals surface area (Å²) in [6.45, 7) is 9.83. The predicted molar refractivity (Wildman–Crippen MR) is 51.5 cm³/mol. The second-order valence-electron chi connectivity index (χ2n) is 2.62. The number of amides is 1. The van der Waals surface area contributed by atoms with E-state index in [4.69, 9.17) is 0 Å². The molecule has 12 heavy (non-hydrogen) atoms. The molecule has 0 aromatic heterocycles. The normalized spacial score (nSPS) is 11.8. The minimum absolute atomic E-state index is 0.220. The van der Waals surface area contributed by atoms with Crippen molar-refractivity contribution in [2.24, 2.45) is 0 Å². The highest BCUT2D eigenvalue weighted by Gasteiger charge is 2.11. The number of hydrogen-bond donors (Lipinski definition) is 0. The van der Waals surface area contributed by atoms with Gasteiger partial charge in [-0.3, -0.25) is 4.79 Å². The van der Waals surface area contributed by atoms with Gasteiger partial charge in [-0.2, -0.15) is 0 Å². The smallest absolute Gasteiger partial charge is 0.312 e. The van der Waals surface area contributed by atoms with Crippen LogP contribution in [0, 0.1) is 0 Å². The van der Waals surface area contributed by atoms with Crippen molar-refractivity contribution in [2.75, 3.05) is 6.54 Å². The zero-order valence-electron chi connectivity index (χ0n) is 7.62. The van der Waals surface area contributed by atoms with Crippen molar-refractivity contribution >= 4 is 6.41 Å². The van der Waals surface area contributed by atoms with Crippen LogP contribution in [0.15, 0.2) is 25.3 Å². The van der Waals surface area contributed by atoms with Gasteiger partial charge in [-0.1, -0.05) is 19.1 Å². The van der Waals surface area contributed by atoms with Gasteiger partial charge in [0.15, 0.2) is 0 Å². The highest BCUT2D eigenvalue weighted by molar-refractivity contribution is 5.49. The molecule has 1 atom stereocenters. The van der Waals surface area contributed by atoms with Crippen LogP contribution in [0.1, 0.15) is 19.8 Å². The molecule has 0 aromatic rings. The standard InChI is InChI=1S/C10H16NO/c1-4-7-10(6-3)11(9-12)8-5-2/h4-5,10H,1-2,6-8H2,3H3. The second-order valence-corrected chi connectivity index (χ2v) is 2.62. The fraction of sp³-hybridized carbons (Fsp3) is 0.500. The van der Waals surface area contributed by atoms with Gasteiger partial charge < -0.3 is 4.90 Å². The molecule has 0 spiro atoms. The first-order chi connectivity index (χ1) is 5.79. The maximum atomic E-state index is 10.5. The van der Waals surface area contributed by atoms with Crippen molar-refractivity contribution in [3.63, 3.8) is 0 Å². The van der Waals surface area contributed by atoms with Gasteiger partial charge in [-0.15, -0.1) is 13.2 Å². The van der Waals surface area contributed by atoms with Crippen molar-refractivity contribution in [3.05, 3.63) is 25.3 Å². The largest absolute Gasteiger partial charge is 0.327 e. The van der Waals surface area contributed by atoms with Crippen molar-refractivity contribution in [1.82, 2.24) is 4.90 Å². The molecule has 0 N–H and O–H groups in total. The molecular weight excluding hydrogens is 150 g/mol. The monoisotopic (exact) mass is 166 g/mol. The Morgan fingerprint density at radius 1 is 1.50 bits per heavy atom. The summed E-state index contributed by atoms with van der Waals surface area (Å²) in [6.07, 6.45) is 7.17. The van der Waals surface area contributed by atoms with Crippen LogP contribution >= 0.6 is 0 Å². The average molecular weight is 166 g/mol. The molecular formula is C10H16NO. The van der Waals surface area contributed by atoms with Crippen molar-refractivity contribution < 1.29 is 4.79 Å². The molecule has 2 heteroatoms. The van der Waals surface area contributed by atoms with Gasteiger partial charge >= 0.3 is 6.41 Å². The Morgan fingerprint density at radius 2 is 2.17 bits per heavy atom. The molecule has 0 saturated heterocycles. The Morgan fingerprint density at radius 3 is 2.50 bits per heavy atom. The molecule has 0 aliphatic carbocycles. The summed E-state index contributed by atoms with van der Waals surface area (Å²) in [4.78, 5) is 12.1. The summed E-state index contributed by atoms with van der Waals surface area (Å²) >= 11 is 0. The van der Waals surface area contributed by atoms with Gasteiger partial charge in [0.25, 0.3) is 0 Å². The van der Waals surface area contributed by atoms with Crippen LogP contribution in [-0.4, -0.2) is 23.9 Å². The fourth-order valence-electron chi connectivity index (χ4n) is 1.11.